The van der Waals surface area contributed by atoms with Gasteiger partial charge in [0.25, 0.3) is 10.0 Å². The van der Waals surface area contributed by atoms with Crippen LogP contribution in [0.3, 0.4) is 0 Å². The molecule has 0 fully saturated rings. The van der Waals surface area contributed by atoms with Crippen molar-refractivity contribution in [3.8, 4) is 0 Å². The van der Waals surface area contributed by atoms with Crippen molar-refractivity contribution in [1.29, 1.82) is 0 Å². The molecule has 1 aromatic carbocycles. The number of hydrogen-bond acceptors (Lipinski definition) is 4. The Hall–Kier alpha value is -1.70. The summed E-state index contributed by atoms with van der Waals surface area (Å²) in [5, 5.41) is 2.86. The lowest BCUT2D eigenvalue weighted by molar-refractivity contribution is -0.115. The predicted octanol–water partition coefficient (Wildman–Crippen LogP) is 3.35. The molecule has 1 amide bonds. The molecular weight excluding hydrogens is 356 g/mol. The normalized spacial score (nSPS) is 11.5. The van der Waals surface area contributed by atoms with Crippen molar-refractivity contribution in [3.05, 3.63) is 46.3 Å². The van der Waals surface area contributed by atoms with Crippen LogP contribution < -0.4 is 10.0 Å². The Bertz CT molecular complexity index is 820. The number of benzene rings is 1. The molecule has 0 atom stereocenters. The number of thiophene rings is 1. The Morgan fingerprint density at radius 2 is 1.64 bits per heavy atom. The number of carbonyl (C=O) groups excluding carboxylic acids is 1. The first kappa shape index (κ1) is 19.6. The van der Waals surface area contributed by atoms with Crippen LogP contribution in [0.25, 0.3) is 0 Å². The van der Waals surface area contributed by atoms with E-state index in [9.17, 15) is 13.2 Å². The summed E-state index contributed by atoms with van der Waals surface area (Å²) >= 11 is 1.23. The minimum absolute atomic E-state index is 0.236. The minimum atomic E-state index is -3.66. The third-order valence-electron chi connectivity index (χ3n) is 3.94. The number of carbonyl (C=O) groups is 1. The van der Waals surface area contributed by atoms with E-state index in [0.29, 0.717) is 0 Å². The van der Waals surface area contributed by atoms with Crippen LogP contribution in [0.15, 0.2) is 34.5 Å². The second-order valence-electron chi connectivity index (χ2n) is 5.61. The van der Waals surface area contributed by atoms with E-state index in [1.165, 1.54) is 11.3 Å². The number of nitrogens with one attached hydrogen (secondary N) is 2. The molecule has 136 valence electrons. The van der Waals surface area contributed by atoms with Gasteiger partial charge >= 0.3 is 0 Å². The van der Waals surface area contributed by atoms with E-state index in [1.54, 1.807) is 12.1 Å². The molecule has 0 unspecified atom stereocenters. The lowest BCUT2D eigenvalue weighted by Crippen LogP contribution is -2.33. The fourth-order valence-corrected chi connectivity index (χ4v) is 4.83. The number of anilines is 1. The third-order valence-corrected chi connectivity index (χ3v) is 7.06. The smallest absolute Gasteiger partial charge is 0.250 e. The van der Waals surface area contributed by atoms with Gasteiger partial charge in [0, 0.05) is 10.6 Å². The average Bonchev–Trinajstić information content (AvgIpc) is 3.10. The van der Waals surface area contributed by atoms with Gasteiger partial charge in [0.05, 0.1) is 6.54 Å². The van der Waals surface area contributed by atoms with Crippen LogP contribution in [-0.4, -0.2) is 20.9 Å². The number of hydrogen-bond donors (Lipinski definition) is 2. The minimum Gasteiger partial charge on any atom is -0.324 e. The van der Waals surface area contributed by atoms with Crippen LogP contribution in [0.2, 0.25) is 0 Å². The average molecular weight is 381 g/mol. The van der Waals surface area contributed by atoms with Gasteiger partial charge in [-0.05, 0) is 42.5 Å². The highest BCUT2D eigenvalue weighted by atomic mass is 32.2. The molecule has 25 heavy (non-hydrogen) atoms. The molecule has 2 N–H and O–H groups in total. The Morgan fingerprint density at radius 1 is 1.00 bits per heavy atom. The maximum Gasteiger partial charge on any atom is 0.250 e. The van der Waals surface area contributed by atoms with E-state index in [0.717, 1.165) is 41.0 Å². The highest BCUT2D eigenvalue weighted by Gasteiger charge is 2.18. The summed E-state index contributed by atoms with van der Waals surface area (Å²) < 4.78 is 27.2. The molecule has 2 rings (SSSR count). The third kappa shape index (κ3) is 4.90. The summed E-state index contributed by atoms with van der Waals surface area (Å²) in [4.78, 5) is 13.2. The standard InChI is InChI=1S/C18H24N2O3S2/c1-4-13-8-7-9-14(5-2)18(13)20-16(21)12-19-25(22,23)17-11-10-15(6-3)24-17/h7-11,19H,4-6,12H2,1-3H3,(H,20,21). The Labute approximate surface area is 153 Å². The Balaban J connectivity index is 2.06. The van der Waals surface area contributed by atoms with Crippen LogP contribution in [0.1, 0.15) is 36.8 Å². The van der Waals surface area contributed by atoms with Gasteiger partial charge in [0.1, 0.15) is 4.21 Å². The summed E-state index contributed by atoms with van der Waals surface area (Å²) in [7, 11) is -3.66. The van der Waals surface area contributed by atoms with Crippen LogP contribution >= 0.6 is 11.3 Å². The summed E-state index contributed by atoms with van der Waals surface area (Å²) in [6.07, 6.45) is 2.38. The maximum atomic E-state index is 12.3. The first-order valence-corrected chi connectivity index (χ1v) is 10.7. The van der Waals surface area contributed by atoms with Gasteiger partial charge in [-0.25, -0.2) is 13.1 Å². The van der Waals surface area contributed by atoms with Crippen LogP contribution in [0.5, 0.6) is 0 Å². The summed E-state index contributed by atoms with van der Waals surface area (Å²) in [6, 6.07) is 9.28. The van der Waals surface area contributed by atoms with Crippen molar-refractivity contribution in [1.82, 2.24) is 4.72 Å². The molecule has 0 aliphatic heterocycles. The number of rotatable bonds is 8. The first-order valence-electron chi connectivity index (χ1n) is 8.40. The van der Waals surface area contributed by atoms with Gasteiger partial charge in [-0.15, -0.1) is 11.3 Å². The molecular formula is C18H24N2O3S2. The molecule has 2 aromatic rings. The quantitative estimate of drug-likeness (QED) is 0.737. The highest BCUT2D eigenvalue weighted by molar-refractivity contribution is 7.91. The fourth-order valence-electron chi connectivity index (χ4n) is 2.51. The number of para-hydroxylation sites is 1. The van der Waals surface area contributed by atoms with E-state index < -0.39 is 10.0 Å². The molecule has 0 aliphatic carbocycles. The molecule has 5 nitrogen and oxygen atoms in total. The largest absolute Gasteiger partial charge is 0.324 e. The molecule has 0 spiro atoms. The van der Waals surface area contributed by atoms with Crippen molar-refractivity contribution in [2.75, 3.05) is 11.9 Å². The second-order valence-corrected chi connectivity index (χ2v) is 8.77. The lowest BCUT2D eigenvalue weighted by atomic mass is 10.0. The van der Waals surface area contributed by atoms with Gasteiger partial charge in [0.2, 0.25) is 5.91 Å². The van der Waals surface area contributed by atoms with Gasteiger partial charge < -0.3 is 5.32 Å². The predicted molar refractivity (Wildman–Crippen MR) is 103 cm³/mol. The summed E-state index contributed by atoms with van der Waals surface area (Å²) in [5.41, 5.74) is 2.88. The number of sulfonamides is 1. The van der Waals surface area contributed by atoms with Crippen molar-refractivity contribution in [2.24, 2.45) is 0 Å². The Kier molecular flexibility index (Phi) is 6.75. The molecule has 1 aromatic heterocycles. The van der Waals surface area contributed by atoms with Crippen LogP contribution in [0.4, 0.5) is 5.69 Å². The van der Waals surface area contributed by atoms with Gasteiger partial charge in [-0.2, -0.15) is 0 Å². The zero-order chi connectivity index (χ0) is 18.4. The molecule has 1 heterocycles. The van der Waals surface area contributed by atoms with E-state index in [1.807, 2.05) is 39.0 Å². The highest BCUT2D eigenvalue weighted by Crippen LogP contribution is 2.23. The van der Waals surface area contributed by atoms with E-state index in [2.05, 4.69) is 10.0 Å². The van der Waals surface area contributed by atoms with Crippen LogP contribution in [-0.2, 0) is 34.1 Å². The zero-order valence-corrected chi connectivity index (χ0v) is 16.4. The van der Waals surface area contributed by atoms with Crippen molar-refractivity contribution in [2.45, 2.75) is 44.2 Å². The van der Waals surface area contributed by atoms with E-state index in [-0.39, 0.29) is 16.7 Å². The van der Waals surface area contributed by atoms with Crippen molar-refractivity contribution >= 4 is 33.0 Å². The van der Waals surface area contributed by atoms with Crippen molar-refractivity contribution in [3.63, 3.8) is 0 Å². The van der Waals surface area contributed by atoms with Crippen LogP contribution in [0, 0.1) is 0 Å². The maximum absolute atomic E-state index is 12.3. The summed E-state index contributed by atoms with van der Waals surface area (Å²) in [6.45, 7) is 5.73. The second kappa shape index (κ2) is 8.60. The van der Waals surface area contributed by atoms with E-state index >= 15 is 0 Å². The molecule has 0 bridgehead atoms. The molecule has 0 radical (unpaired) electrons. The van der Waals surface area contributed by atoms with E-state index in [4.69, 9.17) is 0 Å². The first-order chi connectivity index (χ1) is 11.9. The summed E-state index contributed by atoms with van der Waals surface area (Å²) in [5.74, 6) is -0.369. The molecule has 0 aliphatic rings. The molecule has 7 heteroatoms. The van der Waals surface area contributed by atoms with Gasteiger partial charge in [-0.3, -0.25) is 4.79 Å². The lowest BCUT2D eigenvalue weighted by Gasteiger charge is -2.14. The van der Waals surface area contributed by atoms with Gasteiger partial charge in [0.15, 0.2) is 0 Å². The molecule has 0 saturated carbocycles. The zero-order valence-electron chi connectivity index (χ0n) is 14.8. The SMILES string of the molecule is CCc1ccc(S(=O)(=O)NCC(=O)Nc2c(CC)cccc2CC)s1. The fraction of sp³-hybridized carbons (Fsp3) is 0.389. The van der Waals surface area contributed by atoms with Crippen molar-refractivity contribution < 1.29 is 13.2 Å². The Morgan fingerprint density at radius 3 is 2.16 bits per heavy atom. The molecule has 0 saturated heterocycles. The topological polar surface area (TPSA) is 75.3 Å². The number of amides is 1. The number of aryl methyl sites for hydroxylation is 3. The monoisotopic (exact) mass is 380 g/mol. The van der Waals surface area contributed by atoms with Gasteiger partial charge in [-0.1, -0.05) is 39.0 Å².